The van der Waals surface area contributed by atoms with Crippen LogP contribution in [0, 0.1) is 3.57 Å². The molecule has 0 amide bonds. The SMILES string of the molecule is COc1cc(/C=N/N=C(N)N)cc(I)c1O. The Balaban J connectivity index is 3.03. The minimum atomic E-state index is -0.114. The fraction of sp³-hybridized carbons (Fsp3) is 0.111. The zero-order chi connectivity index (χ0) is 12.1. The Morgan fingerprint density at radius 3 is 2.75 bits per heavy atom. The van der Waals surface area contributed by atoms with Gasteiger partial charge in [-0.25, -0.2) is 0 Å². The summed E-state index contributed by atoms with van der Waals surface area (Å²) in [5.74, 6) is 0.358. The molecule has 0 heterocycles. The normalized spacial score (nSPS) is 10.4. The second kappa shape index (κ2) is 5.54. The number of phenolic OH excluding ortho intramolecular Hbond substituents is 1. The molecule has 0 saturated carbocycles. The predicted molar refractivity (Wildman–Crippen MR) is 70.8 cm³/mol. The molecule has 1 aromatic carbocycles. The van der Waals surface area contributed by atoms with E-state index in [0.29, 0.717) is 9.32 Å². The lowest BCUT2D eigenvalue weighted by atomic mass is 10.2. The monoisotopic (exact) mass is 334 g/mol. The second-order valence-corrected chi connectivity index (χ2v) is 3.99. The number of benzene rings is 1. The van der Waals surface area contributed by atoms with Crippen molar-refractivity contribution in [2.45, 2.75) is 0 Å². The molecule has 16 heavy (non-hydrogen) atoms. The minimum Gasteiger partial charge on any atom is -0.504 e. The van der Waals surface area contributed by atoms with Gasteiger partial charge in [-0.15, -0.1) is 5.10 Å². The maximum Gasteiger partial charge on any atom is 0.211 e. The number of guanidine groups is 1. The zero-order valence-electron chi connectivity index (χ0n) is 8.51. The molecule has 0 unspecified atom stereocenters. The Morgan fingerprint density at radius 1 is 1.50 bits per heavy atom. The molecule has 0 radical (unpaired) electrons. The van der Waals surface area contributed by atoms with Crippen LogP contribution in [0.5, 0.6) is 11.5 Å². The summed E-state index contributed by atoms with van der Waals surface area (Å²) >= 11 is 1.99. The molecule has 0 aliphatic rings. The summed E-state index contributed by atoms with van der Waals surface area (Å²) in [4.78, 5) is 0. The summed E-state index contributed by atoms with van der Waals surface area (Å²) in [5.41, 5.74) is 11.0. The first-order valence-electron chi connectivity index (χ1n) is 4.23. The van der Waals surface area contributed by atoms with Crippen molar-refractivity contribution in [1.82, 2.24) is 0 Å². The van der Waals surface area contributed by atoms with Crippen LogP contribution in [0.15, 0.2) is 22.3 Å². The van der Waals surface area contributed by atoms with Crippen molar-refractivity contribution < 1.29 is 9.84 Å². The van der Waals surface area contributed by atoms with Gasteiger partial charge in [0.05, 0.1) is 16.9 Å². The number of ether oxygens (including phenoxy) is 1. The lowest BCUT2D eigenvalue weighted by molar-refractivity contribution is 0.371. The van der Waals surface area contributed by atoms with Gasteiger partial charge in [-0.05, 0) is 40.3 Å². The van der Waals surface area contributed by atoms with Crippen LogP contribution in [0.4, 0.5) is 0 Å². The third-order valence-corrected chi connectivity index (χ3v) is 2.47. The average molecular weight is 334 g/mol. The maximum atomic E-state index is 9.59. The van der Waals surface area contributed by atoms with Crippen LogP contribution >= 0.6 is 22.6 Å². The Morgan fingerprint density at radius 2 is 2.19 bits per heavy atom. The minimum absolute atomic E-state index is 0.0992. The zero-order valence-corrected chi connectivity index (χ0v) is 10.7. The van der Waals surface area contributed by atoms with Gasteiger partial charge >= 0.3 is 0 Å². The van der Waals surface area contributed by atoms with Crippen LogP contribution in [0.25, 0.3) is 0 Å². The summed E-state index contributed by atoms with van der Waals surface area (Å²) in [7, 11) is 1.47. The van der Waals surface area contributed by atoms with Gasteiger partial charge in [-0.3, -0.25) is 0 Å². The maximum absolute atomic E-state index is 9.59. The van der Waals surface area contributed by atoms with E-state index in [1.165, 1.54) is 13.3 Å². The summed E-state index contributed by atoms with van der Waals surface area (Å²) < 4.78 is 5.65. The molecule has 1 aromatic rings. The molecule has 0 aliphatic carbocycles. The first-order valence-corrected chi connectivity index (χ1v) is 5.31. The highest BCUT2D eigenvalue weighted by Crippen LogP contribution is 2.31. The molecule has 86 valence electrons. The van der Waals surface area contributed by atoms with Crippen LogP contribution < -0.4 is 16.2 Å². The van der Waals surface area contributed by atoms with Gasteiger partial charge in [-0.2, -0.15) is 5.10 Å². The number of hydrogen-bond acceptors (Lipinski definition) is 4. The molecule has 0 aromatic heterocycles. The molecular formula is C9H11IN4O2. The highest BCUT2D eigenvalue weighted by atomic mass is 127. The van der Waals surface area contributed by atoms with Crippen molar-refractivity contribution in [2.24, 2.45) is 21.7 Å². The standard InChI is InChI=1S/C9H11IN4O2/c1-16-7-3-5(2-6(10)8(7)15)4-13-14-9(11)12/h2-4,15H,1H3,(H4,11,12,14)/b13-4+. The van der Waals surface area contributed by atoms with Crippen LogP contribution in [-0.4, -0.2) is 24.4 Å². The lowest BCUT2D eigenvalue weighted by Gasteiger charge is -2.05. The lowest BCUT2D eigenvalue weighted by Crippen LogP contribution is -2.21. The van der Waals surface area contributed by atoms with Gasteiger partial charge in [0.1, 0.15) is 0 Å². The second-order valence-electron chi connectivity index (χ2n) is 2.82. The Hall–Kier alpha value is -1.51. The highest BCUT2D eigenvalue weighted by Gasteiger charge is 2.07. The topological polar surface area (TPSA) is 106 Å². The van der Waals surface area contributed by atoms with E-state index in [9.17, 15) is 5.11 Å². The van der Waals surface area contributed by atoms with E-state index in [1.807, 2.05) is 22.6 Å². The van der Waals surface area contributed by atoms with Gasteiger partial charge in [0.15, 0.2) is 11.5 Å². The molecule has 0 bridgehead atoms. The summed E-state index contributed by atoms with van der Waals surface area (Å²) in [6, 6.07) is 3.35. The smallest absolute Gasteiger partial charge is 0.211 e. The summed E-state index contributed by atoms with van der Waals surface area (Å²) in [6.07, 6.45) is 1.46. The quantitative estimate of drug-likeness (QED) is 0.326. The van der Waals surface area contributed by atoms with Crippen molar-refractivity contribution in [1.29, 1.82) is 0 Å². The van der Waals surface area contributed by atoms with Gasteiger partial charge < -0.3 is 21.3 Å². The molecule has 5 N–H and O–H groups in total. The van der Waals surface area contributed by atoms with Crippen molar-refractivity contribution in [3.8, 4) is 11.5 Å². The first-order chi connectivity index (χ1) is 7.54. The fourth-order valence-electron chi connectivity index (χ4n) is 0.986. The van der Waals surface area contributed by atoms with Crippen LogP contribution in [0.3, 0.4) is 0 Å². The summed E-state index contributed by atoms with van der Waals surface area (Å²) in [6.45, 7) is 0. The number of nitrogens with zero attached hydrogens (tertiary/aromatic N) is 2. The first kappa shape index (κ1) is 12.6. The van der Waals surface area contributed by atoms with E-state index < -0.39 is 0 Å². The van der Waals surface area contributed by atoms with E-state index in [0.717, 1.165) is 5.56 Å². The molecule has 0 saturated heterocycles. The average Bonchev–Trinajstić information content (AvgIpc) is 2.22. The van der Waals surface area contributed by atoms with E-state index in [1.54, 1.807) is 12.1 Å². The van der Waals surface area contributed by atoms with Crippen molar-refractivity contribution in [3.05, 3.63) is 21.3 Å². The van der Waals surface area contributed by atoms with E-state index >= 15 is 0 Å². The highest BCUT2D eigenvalue weighted by molar-refractivity contribution is 14.1. The molecule has 0 atom stereocenters. The van der Waals surface area contributed by atoms with Gasteiger partial charge in [0.2, 0.25) is 5.96 Å². The van der Waals surface area contributed by atoms with Crippen LogP contribution in [0.1, 0.15) is 5.56 Å². The number of halogens is 1. The number of phenols is 1. The molecular weight excluding hydrogens is 323 g/mol. The Labute approximate surface area is 106 Å². The van der Waals surface area contributed by atoms with Crippen molar-refractivity contribution in [2.75, 3.05) is 7.11 Å². The van der Waals surface area contributed by atoms with Gasteiger partial charge in [0, 0.05) is 0 Å². The number of aromatic hydroxyl groups is 1. The molecule has 6 nitrogen and oxygen atoms in total. The number of rotatable bonds is 3. The van der Waals surface area contributed by atoms with Crippen molar-refractivity contribution in [3.63, 3.8) is 0 Å². The molecule has 0 aliphatic heterocycles. The van der Waals surface area contributed by atoms with Crippen LogP contribution in [-0.2, 0) is 0 Å². The number of methoxy groups -OCH3 is 1. The van der Waals surface area contributed by atoms with E-state index in [-0.39, 0.29) is 11.7 Å². The van der Waals surface area contributed by atoms with Gasteiger partial charge in [-0.1, -0.05) is 0 Å². The fourth-order valence-corrected chi connectivity index (χ4v) is 1.61. The third-order valence-electron chi connectivity index (χ3n) is 1.65. The van der Waals surface area contributed by atoms with E-state index in [2.05, 4.69) is 10.2 Å². The molecule has 7 heteroatoms. The van der Waals surface area contributed by atoms with Crippen molar-refractivity contribution >= 4 is 34.8 Å². The molecule has 0 fully saturated rings. The number of nitrogens with two attached hydrogens (primary N) is 2. The third kappa shape index (κ3) is 3.26. The molecule has 1 rings (SSSR count). The summed E-state index contributed by atoms with van der Waals surface area (Å²) in [5, 5.41) is 16.7. The Kier molecular flexibility index (Phi) is 4.35. The van der Waals surface area contributed by atoms with Gasteiger partial charge in [0.25, 0.3) is 0 Å². The Bertz CT molecular complexity index is 441. The number of hydrogen-bond donors (Lipinski definition) is 3. The van der Waals surface area contributed by atoms with E-state index in [4.69, 9.17) is 16.2 Å². The largest absolute Gasteiger partial charge is 0.504 e. The predicted octanol–water partition coefficient (Wildman–Crippen LogP) is 0.613. The molecule has 0 spiro atoms. The van der Waals surface area contributed by atoms with Crippen LogP contribution in [0.2, 0.25) is 0 Å².